The molecule has 0 aliphatic heterocycles. The SMILES string of the molecule is CCOCC(C)NC(=O)c1cc(S(N)(=O)=O)cc(Br)c1C. The zero-order valence-corrected chi connectivity index (χ0v) is 14.5. The van der Waals surface area contributed by atoms with Gasteiger partial charge < -0.3 is 10.1 Å². The normalized spacial score (nSPS) is 13.0. The van der Waals surface area contributed by atoms with Gasteiger partial charge in [-0.25, -0.2) is 13.6 Å². The molecule has 1 unspecified atom stereocenters. The van der Waals surface area contributed by atoms with Crippen molar-refractivity contribution in [2.24, 2.45) is 5.14 Å². The van der Waals surface area contributed by atoms with Crippen LogP contribution in [0, 0.1) is 6.92 Å². The minimum atomic E-state index is -3.88. The van der Waals surface area contributed by atoms with Crippen molar-refractivity contribution in [1.29, 1.82) is 0 Å². The lowest BCUT2D eigenvalue weighted by Crippen LogP contribution is -2.36. The molecule has 0 bridgehead atoms. The topological polar surface area (TPSA) is 98.5 Å². The predicted octanol–water partition coefficient (Wildman–Crippen LogP) is 1.56. The van der Waals surface area contributed by atoms with Gasteiger partial charge in [-0.1, -0.05) is 15.9 Å². The van der Waals surface area contributed by atoms with E-state index in [0.29, 0.717) is 23.2 Å². The number of benzene rings is 1. The Hall–Kier alpha value is -0.960. The van der Waals surface area contributed by atoms with Gasteiger partial charge in [-0.15, -0.1) is 0 Å². The van der Waals surface area contributed by atoms with Crippen LogP contribution in [0.3, 0.4) is 0 Å². The number of nitrogens with one attached hydrogen (secondary N) is 1. The number of ether oxygens (including phenoxy) is 1. The lowest BCUT2D eigenvalue weighted by atomic mass is 10.1. The first-order valence-electron chi connectivity index (χ1n) is 6.38. The van der Waals surface area contributed by atoms with Crippen LogP contribution in [-0.2, 0) is 14.8 Å². The van der Waals surface area contributed by atoms with Crippen LogP contribution in [0.5, 0.6) is 0 Å². The van der Waals surface area contributed by atoms with Crippen LogP contribution in [0.1, 0.15) is 29.8 Å². The fourth-order valence-corrected chi connectivity index (χ4v) is 2.87. The molecule has 0 aromatic heterocycles. The summed E-state index contributed by atoms with van der Waals surface area (Å²) in [6.45, 7) is 6.34. The summed E-state index contributed by atoms with van der Waals surface area (Å²) in [7, 11) is -3.88. The molecule has 8 heteroatoms. The summed E-state index contributed by atoms with van der Waals surface area (Å²) in [6, 6.07) is 2.47. The number of carbonyl (C=O) groups excluding carboxylic acids is 1. The van der Waals surface area contributed by atoms with E-state index in [1.54, 1.807) is 6.92 Å². The summed E-state index contributed by atoms with van der Waals surface area (Å²) in [6.07, 6.45) is 0. The molecule has 118 valence electrons. The summed E-state index contributed by atoms with van der Waals surface area (Å²) in [5.74, 6) is -0.370. The Morgan fingerprint density at radius 3 is 2.62 bits per heavy atom. The fourth-order valence-electron chi connectivity index (χ4n) is 1.69. The maximum Gasteiger partial charge on any atom is 0.251 e. The number of amides is 1. The van der Waals surface area contributed by atoms with E-state index in [1.807, 2.05) is 13.8 Å². The van der Waals surface area contributed by atoms with E-state index >= 15 is 0 Å². The second kappa shape index (κ2) is 7.35. The predicted molar refractivity (Wildman–Crippen MR) is 83.7 cm³/mol. The highest BCUT2D eigenvalue weighted by atomic mass is 79.9. The maximum absolute atomic E-state index is 12.2. The van der Waals surface area contributed by atoms with E-state index in [-0.39, 0.29) is 22.4 Å². The third-order valence-corrected chi connectivity index (χ3v) is 4.56. The van der Waals surface area contributed by atoms with Gasteiger partial charge in [0, 0.05) is 22.7 Å². The molecule has 0 heterocycles. The standard InChI is InChI=1S/C13H19BrN2O4S/c1-4-20-7-8(2)16-13(17)11-5-10(21(15,18)19)6-12(14)9(11)3/h5-6,8H,4,7H2,1-3H3,(H,16,17)(H2,15,18,19). The molecule has 0 aliphatic rings. The van der Waals surface area contributed by atoms with Gasteiger partial charge in [-0.05, 0) is 38.5 Å². The van der Waals surface area contributed by atoms with Gasteiger partial charge in [0.15, 0.2) is 0 Å². The molecule has 1 atom stereocenters. The number of rotatable bonds is 6. The number of hydrogen-bond donors (Lipinski definition) is 2. The molecule has 1 aromatic rings. The Balaban J connectivity index is 3.06. The smallest absolute Gasteiger partial charge is 0.251 e. The van der Waals surface area contributed by atoms with E-state index in [9.17, 15) is 13.2 Å². The van der Waals surface area contributed by atoms with Gasteiger partial charge >= 0.3 is 0 Å². The average Bonchev–Trinajstić information content (AvgIpc) is 2.37. The van der Waals surface area contributed by atoms with Crippen LogP contribution < -0.4 is 10.5 Å². The zero-order chi connectivity index (χ0) is 16.2. The highest BCUT2D eigenvalue weighted by Crippen LogP contribution is 2.24. The number of primary sulfonamides is 1. The molecular formula is C13H19BrN2O4S. The van der Waals surface area contributed by atoms with E-state index in [4.69, 9.17) is 9.88 Å². The Kier molecular flexibility index (Phi) is 6.33. The monoisotopic (exact) mass is 378 g/mol. The molecular weight excluding hydrogens is 360 g/mol. The summed E-state index contributed by atoms with van der Waals surface area (Å²) in [5.41, 5.74) is 0.903. The molecule has 0 aliphatic carbocycles. The Morgan fingerprint density at radius 1 is 1.48 bits per heavy atom. The highest BCUT2D eigenvalue weighted by molar-refractivity contribution is 9.10. The molecule has 21 heavy (non-hydrogen) atoms. The van der Waals surface area contributed by atoms with Crippen molar-refractivity contribution in [3.8, 4) is 0 Å². The van der Waals surface area contributed by atoms with Gasteiger partial charge in [0.1, 0.15) is 0 Å². The van der Waals surface area contributed by atoms with Gasteiger partial charge in [-0.3, -0.25) is 4.79 Å². The quantitative estimate of drug-likeness (QED) is 0.784. The molecule has 1 amide bonds. The van der Waals surface area contributed by atoms with Crippen molar-refractivity contribution in [2.75, 3.05) is 13.2 Å². The van der Waals surface area contributed by atoms with Gasteiger partial charge in [0.2, 0.25) is 10.0 Å². The van der Waals surface area contributed by atoms with Crippen LogP contribution in [0.4, 0.5) is 0 Å². The number of carbonyl (C=O) groups is 1. The Bertz CT molecular complexity index is 631. The van der Waals surface area contributed by atoms with Crippen LogP contribution in [0.2, 0.25) is 0 Å². The highest BCUT2D eigenvalue weighted by Gasteiger charge is 2.18. The van der Waals surface area contributed by atoms with E-state index in [1.165, 1.54) is 12.1 Å². The summed E-state index contributed by atoms with van der Waals surface area (Å²) in [5, 5.41) is 7.87. The maximum atomic E-state index is 12.2. The molecule has 6 nitrogen and oxygen atoms in total. The molecule has 0 spiro atoms. The van der Waals surface area contributed by atoms with E-state index in [0.717, 1.165) is 0 Å². The zero-order valence-electron chi connectivity index (χ0n) is 12.1. The first-order valence-corrected chi connectivity index (χ1v) is 8.72. The number of nitrogens with two attached hydrogens (primary N) is 1. The second-order valence-electron chi connectivity index (χ2n) is 4.66. The van der Waals surface area contributed by atoms with Crippen molar-refractivity contribution in [3.63, 3.8) is 0 Å². The number of halogens is 1. The first kappa shape index (κ1) is 18.1. The molecule has 0 fully saturated rings. The van der Waals surface area contributed by atoms with Gasteiger partial charge in [0.05, 0.1) is 11.5 Å². The van der Waals surface area contributed by atoms with Crippen LogP contribution >= 0.6 is 15.9 Å². The van der Waals surface area contributed by atoms with Crippen LogP contribution in [0.15, 0.2) is 21.5 Å². The summed E-state index contributed by atoms with van der Waals surface area (Å²) < 4.78 is 28.6. The lowest BCUT2D eigenvalue weighted by molar-refractivity contribution is 0.0871. The molecule has 0 radical (unpaired) electrons. The van der Waals surface area contributed by atoms with Gasteiger partial charge in [-0.2, -0.15) is 0 Å². The average molecular weight is 379 g/mol. The van der Waals surface area contributed by atoms with Crippen molar-refractivity contribution in [2.45, 2.75) is 31.7 Å². The first-order chi connectivity index (χ1) is 9.66. The summed E-state index contributed by atoms with van der Waals surface area (Å²) >= 11 is 3.24. The van der Waals surface area contributed by atoms with E-state index in [2.05, 4.69) is 21.2 Å². The van der Waals surface area contributed by atoms with Crippen LogP contribution in [0.25, 0.3) is 0 Å². The molecule has 0 saturated carbocycles. The fraction of sp³-hybridized carbons (Fsp3) is 0.462. The number of hydrogen-bond acceptors (Lipinski definition) is 4. The molecule has 1 rings (SSSR count). The third-order valence-electron chi connectivity index (χ3n) is 2.84. The van der Waals surface area contributed by atoms with Crippen molar-refractivity contribution >= 4 is 31.9 Å². The minimum Gasteiger partial charge on any atom is -0.380 e. The Labute approximate surface area is 133 Å². The molecule has 0 saturated heterocycles. The molecule has 1 aromatic carbocycles. The van der Waals surface area contributed by atoms with Crippen LogP contribution in [-0.4, -0.2) is 33.6 Å². The van der Waals surface area contributed by atoms with Crippen molar-refractivity contribution in [1.82, 2.24) is 5.32 Å². The Morgan fingerprint density at radius 2 is 2.10 bits per heavy atom. The van der Waals surface area contributed by atoms with E-state index < -0.39 is 10.0 Å². The number of sulfonamides is 1. The second-order valence-corrected chi connectivity index (χ2v) is 7.07. The largest absolute Gasteiger partial charge is 0.380 e. The lowest BCUT2D eigenvalue weighted by Gasteiger charge is -2.16. The molecule has 3 N–H and O–H groups in total. The minimum absolute atomic E-state index is 0.109. The van der Waals surface area contributed by atoms with Crippen molar-refractivity contribution < 1.29 is 17.9 Å². The van der Waals surface area contributed by atoms with Crippen molar-refractivity contribution in [3.05, 3.63) is 27.7 Å². The summed E-state index contributed by atoms with van der Waals surface area (Å²) in [4.78, 5) is 12.1. The van der Waals surface area contributed by atoms with Gasteiger partial charge in [0.25, 0.3) is 5.91 Å². The third kappa shape index (κ3) is 5.06.